The Kier molecular flexibility index (Phi) is 4.04. The van der Waals surface area contributed by atoms with Crippen molar-refractivity contribution in [3.05, 3.63) is 62.9 Å². The van der Waals surface area contributed by atoms with Crippen LogP contribution in [0.2, 0.25) is 5.02 Å². The van der Waals surface area contributed by atoms with Crippen LogP contribution in [0.25, 0.3) is 0 Å². The molecular formula is C13H9ClFN3O3. The second-order valence-electron chi connectivity index (χ2n) is 4.11. The Hall–Kier alpha value is -2.67. The van der Waals surface area contributed by atoms with Gasteiger partial charge in [0.2, 0.25) is 0 Å². The molecule has 0 aliphatic carbocycles. The van der Waals surface area contributed by atoms with Gasteiger partial charge in [-0.15, -0.1) is 0 Å². The molecule has 0 saturated carbocycles. The summed E-state index contributed by atoms with van der Waals surface area (Å²) in [7, 11) is 0. The highest BCUT2D eigenvalue weighted by Gasteiger charge is 2.17. The molecule has 2 rings (SSSR count). The first-order valence-corrected chi connectivity index (χ1v) is 6.06. The zero-order chi connectivity index (χ0) is 15.6. The maximum Gasteiger partial charge on any atom is 0.270 e. The summed E-state index contributed by atoms with van der Waals surface area (Å²) in [6.45, 7) is 0. The lowest BCUT2D eigenvalue weighted by molar-refractivity contribution is -0.384. The number of nitrogen functional groups attached to an aromatic ring is 1. The summed E-state index contributed by atoms with van der Waals surface area (Å²) in [5, 5.41) is 13.0. The number of rotatable bonds is 3. The Labute approximate surface area is 123 Å². The predicted molar refractivity (Wildman–Crippen MR) is 76.9 cm³/mol. The summed E-state index contributed by atoms with van der Waals surface area (Å²) in [5.74, 6) is -1.45. The van der Waals surface area contributed by atoms with Crippen LogP contribution in [-0.2, 0) is 0 Å². The molecule has 2 aromatic rings. The van der Waals surface area contributed by atoms with Crippen LogP contribution < -0.4 is 11.1 Å². The molecule has 21 heavy (non-hydrogen) atoms. The van der Waals surface area contributed by atoms with Crippen molar-refractivity contribution in [1.82, 2.24) is 0 Å². The van der Waals surface area contributed by atoms with E-state index in [1.165, 1.54) is 24.3 Å². The van der Waals surface area contributed by atoms with E-state index < -0.39 is 16.6 Å². The van der Waals surface area contributed by atoms with Crippen LogP contribution in [0.15, 0.2) is 36.4 Å². The second kappa shape index (κ2) is 5.76. The van der Waals surface area contributed by atoms with Crippen molar-refractivity contribution in [3.8, 4) is 0 Å². The number of carbonyl (C=O) groups excluding carboxylic acids is 1. The molecule has 2 aromatic carbocycles. The van der Waals surface area contributed by atoms with E-state index >= 15 is 0 Å². The Morgan fingerprint density at radius 3 is 2.67 bits per heavy atom. The van der Waals surface area contributed by atoms with Gasteiger partial charge in [-0.25, -0.2) is 4.39 Å². The quantitative estimate of drug-likeness (QED) is 0.516. The molecule has 0 aromatic heterocycles. The van der Waals surface area contributed by atoms with E-state index in [-0.39, 0.29) is 27.6 Å². The number of nitro groups is 1. The van der Waals surface area contributed by atoms with Gasteiger partial charge in [0.15, 0.2) is 0 Å². The average Bonchev–Trinajstić information content (AvgIpc) is 2.43. The molecule has 1 amide bonds. The van der Waals surface area contributed by atoms with Crippen LogP contribution >= 0.6 is 11.6 Å². The zero-order valence-electron chi connectivity index (χ0n) is 10.5. The van der Waals surface area contributed by atoms with Crippen molar-refractivity contribution in [3.63, 3.8) is 0 Å². The smallest absolute Gasteiger partial charge is 0.270 e. The molecule has 0 bridgehead atoms. The number of halogens is 2. The van der Waals surface area contributed by atoms with Crippen LogP contribution in [-0.4, -0.2) is 10.8 Å². The molecule has 8 heteroatoms. The largest absolute Gasteiger partial charge is 0.399 e. The number of nitro benzene ring substituents is 1. The predicted octanol–water partition coefficient (Wildman–Crippen LogP) is 3.22. The highest BCUT2D eigenvalue weighted by atomic mass is 35.5. The van der Waals surface area contributed by atoms with Gasteiger partial charge in [-0.2, -0.15) is 0 Å². The van der Waals surface area contributed by atoms with E-state index in [1.807, 2.05) is 0 Å². The van der Waals surface area contributed by atoms with Gasteiger partial charge >= 0.3 is 0 Å². The maximum atomic E-state index is 13.5. The van der Waals surface area contributed by atoms with Crippen molar-refractivity contribution in [2.75, 3.05) is 11.1 Å². The minimum Gasteiger partial charge on any atom is -0.399 e. The Balaban J connectivity index is 2.34. The highest BCUT2D eigenvalue weighted by Crippen LogP contribution is 2.24. The average molecular weight is 310 g/mol. The third-order valence-corrected chi connectivity index (χ3v) is 2.97. The molecule has 0 aliphatic rings. The van der Waals surface area contributed by atoms with Gasteiger partial charge in [0.05, 0.1) is 21.2 Å². The number of anilines is 2. The molecule has 0 atom stereocenters. The van der Waals surface area contributed by atoms with Crippen LogP contribution in [0.5, 0.6) is 0 Å². The monoisotopic (exact) mass is 309 g/mol. The van der Waals surface area contributed by atoms with Gasteiger partial charge in [0.25, 0.3) is 11.6 Å². The number of carbonyl (C=O) groups is 1. The lowest BCUT2D eigenvalue weighted by atomic mass is 10.1. The lowest BCUT2D eigenvalue weighted by Crippen LogP contribution is -2.14. The molecule has 3 N–H and O–H groups in total. The van der Waals surface area contributed by atoms with Crippen molar-refractivity contribution in [2.24, 2.45) is 0 Å². The molecule has 0 spiro atoms. The molecule has 6 nitrogen and oxygen atoms in total. The van der Waals surface area contributed by atoms with Gasteiger partial charge in [0.1, 0.15) is 5.82 Å². The molecule has 0 radical (unpaired) electrons. The van der Waals surface area contributed by atoms with E-state index in [0.717, 1.165) is 12.1 Å². The zero-order valence-corrected chi connectivity index (χ0v) is 11.2. The van der Waals surface area contributed by atoms with Crippen molar-refractivity contribution >= 4 is 34.6 Å². The van der Waals surface area contributed by atoms with E-state index in [9.17, 15) is 19.3 Å². The van der Waals surface area contributed by atoms with Gasteiger partial charge < -0.3 is 11.1 Å². The topological polar surface area (TPSA) is 98.3 Å². The number of benzene rings is 2. The summed E-state index contributed by atoms with van der Waals surface area (Å²) in [6, 6.07) is 7.08. The molecule has 0 heterocycles. The Bertz CT molecular complexity index is 737. The first-order chi connectivity index (χ1) is 9.88. The first-order valence-electron chi connectivity index (χ1n) is 5.69. The van der Waals surface area contributed by atoms with Crippen LogP contribution in [0.4, 0.5) is 21.5 Å². The van der Waals surface area contributed by atoms with E-state index in [4.69, 9.17) is 17.3 Å². The Morgan fingerprint density at radius 1 is 1.29 bits per heavy atom. The summed E-state index contributed by atoms with van der Waals surface area (Å²) in [4.78, 5) is 22.1. The number of hydrogen-bond donors (Lipinski definition) is 2. The number of amides is 1. The Morgan fingerprint density at radius 2 is 2.00 bits per heavy atom. The minimum absolute atomic E-state index is 0.0161. The number of nitrogens with two attached hydrogens (primary N) is 1. The second-order valence-corrected chi connectivity index (χ2v) is 4.52. The molecule has 108 valence electrons. The van der Waals surface area contributed by atoms with Gasteiger partial charge in [0, 0.05) is 17.8 Å². The van der Waals surface area contributed by atoms with Crippen LogP contribution in [0.1, 0.15) is 10.4 Å². The fraction of sp³-hybridized carbons (Fsp3) is 0. The van der Waals surface area contributed by atoms with Crippen LogP contribution in [0, 0.1) is 15.9 Å². The summed E-state index contributed by atoms with van der Waals surface area (Å²) in [6.07, 6.45) is 0. The summed E-state index contributed by atoms with van der Waals surface area (Å²) < 4.78 is 13.5. The van der Waals surface area contributed by atoms with Crippen LogP contribution in [0.3, 0.4) is 0 Å². The molecule has 0 aliphatic heterocycles. The fourth-order valence-corrected chi connectivity index (χ4v) is 1.83. The number of nitrogens with zero attached hydrogens (tertiary/aromatic N) is 1. The number of non-ortho nitro benzene ring substituents is 1. The van der Waals surface area contributed by atoms with Gasteiger partial charge in [-0.1, -0.05) is 11.6 Å². The molecular weight excluding hydrogens is 301 g/mol. The highest BCUT2D eigenvalue weighted by molar-refractivity contribution is 6.34. The van der Waals surface area contributed by atoms with Gasteiger partial charge in [-0.3, -0.25) is 14.9 Å². The van der Waals surface area contributed by atoms with E-state index in [0.29, 0.717) is 0 Å². The minimum atomic E-state index is -0.770. The summed E-state index contributed by atoms with van der Waals surface area (Å²) >= 11 is 5.83. The number of hydrogen-bond acceptors (Lipinski definition) is 4. The third kappa shape index (κ3) is 3.26. The molecule has 0 unspecified atom stereocenters. The molecule has 0 fully saturated rings. The van der Waals surface area contributed by atoms with E-state index in [1.54, 1.807) is 0 Å². The third-order valence-electron chi connectivity index (χ3n) is 2.64. The normalized spacial score (nSPS) is 10.2. The lowest BCUT2D eigenvalue weighted by Gasteiger charge is -2.08. The SMILES string of the molecule is Nc1ccc(F)c(NC(=O)c2cc([N+](=O)[O-])ccc2Cl)c1. The maximum absolute atomic E-state index is 13.5. The fourth-order valence-electron chi connectivity index (χ4n) is 1.63. The van der Waals surface area contributed by atoms with Crippen molar-refractivity contribution in [1.29, 1.82) is 0 Å². The van der Waals surface area contributed by atoms with Gasteiger partial charge in [-0.05, 0) is 24.3 Å². The first kappa shape index (κ1) is 14.7. The van der Waals surface area contributed by atoms with Crippen molar-refractivity contribution < 1.29 is 14.1 Å². The molecule has 0 saturated heterocycles. The standard InChI is InChI=1S/C13H9ClFN3O3/c14-10-3-2-8(18(20)21)6-9(10)13(19)17-12-5-7(16)1-4-11(12)15/h1-6H,16H2,(H,17,19). The van der Waals surface area contributed by atoms with E-state index in [2.05, 4.69) is 5.32 Å². The number of nitrogens with one attached hydrogen (secondary N) is 1. The van der Waals surface area contributed by atoms with Crippen molar-refractivity contribution in [2.45, 2.75) is 0 Å². The summed E-state index contributed by atoms with van der Waals surface area (Å²) in [5.41, 5.74) is 5.20.